The second-order valence-corrected chi connectivity index (χ2v) is 6.22. The molecule has 1 heterocycles. The molecule has 0 saturated heterocycles. The number of methoxy groups -OCH3 is 2. The van der Waals surface area contributed by atoms with Crippen molar-refractivity contribution >= 4 is 5.91 Å². The van der Waals surface area contributed by atoms with Gasteiger partial charge < -0.3 is 19.8 Å². The van der Waals surface area contributed by atoms with Gasteiger partial charge in [0.2, 0.25) is 5.91 Å². The fraction of sp³-hybridized carbons (Fsp3) is 0.444. The monoisotopic (exact) mass is 360 g/mol. The summed E-state index contributed by atoms with van der Waals surface area (Å²) in [7, 11) is 3.08. The Bertz CT molecular complexity index is 817. The third-order valence-corrected chi connectivity index (χ3v) is 3.72. The van der Waals surface area contributed by atoms with Gasteiger partial charge in [0, 0.05) is 24.9 Å². The van der Waals surface area contributed by atoms with Gasteiger partial charge in [-0.05, 0) is 24.1 Å². The lowest BCUT2D eigenvalue weighted by Crippen LogP contribution is -2.28. The number of nitrogens with one attached hydrogen (secondary N) is 2. The van der Waals surface area contributed by atoms with Crippen molar-refractivity contribution in [2.24, 2.45) is 5.92 Å². The van der Waals surface area contributed by atoms with Crippen molar-refractivity contribution in [1.82, 2.24) is 20.5 Å². The number of rotatable bonds is 8. The maximum absolute atomic E-state index is 12.2. The van der Waals surface area contributed by atoms with E-state index in [1.165, 1.54) is 7.11 Å². The number of aromatic nitrogens is 3. The molecule has 0 unspecified atom stereocenters. The third kappa shape index (κ3) is 5.05. The van der Waals surface area contributed by atoms with Crippen LogP contribution < -0.4 is 20.3 Å². The van der Waals surface area contributed by atoms with Crippen LogP contribution in [0.1, 0.15) is 26.0 Å². The smallest absolute Gasteiger partial charge is 0.273 e. The second kappa shape index (κ2) is 8.98. The highest BCUT2D eigenvalue weighted by Crippen LogP contribution is 2.30. The van der Waals surface area contributed by atoms with Crippen molar-refractivity contribution in [1.29, 1.82) is 0 Å². The van der Waals surface area contributed by atoms with Crippen LogP contribution in [0.4, 0.5) is 0 Å². The SMILES string of the molecule is COc1ccc(-c2nnc(CCC(=O)NCC(C)C)c(=O)[nH]2)cc1OC. The molecule has 140 valence electrons. The number of hydrogen-bond acceptors (Lipinski definition) is 6. The number of hydrogen-bond donors (Lipinski definition) is 2. The molecule has 0 fully saturated rings. The number of H-pyrrole nitrogens is 1. The average molecular weight is 360 g/mol. The molecule has 0 aliphatic heterocycles. The molecule has 0 atom stereocenters. The molecule has 1 aromatic carbocycles. The Kier molecular flexibility index (Phi) is 6.71. The van der Waals surface area contributed by atoms with Crippen molar-refractivity contribution in [3.8, 4) is 22.9 Å². The molecule has 0 saturated carbocycles. The van der Waals surface area contributed by atoms with Crippen LogP contribution in [0.25, 0.3) is 11.4 Å². The van der Waals surface area contributed by atoms with Crippen LogP contribution in [0.5, 0.6) is 11.5 Å². The summed E-state index contributed by atoms with van der Waals surface area (Å²) in [5.74, 6) is 1.70. The van der Waals surface area contributed by atoms with E-state index in [1.807, 2.05) is 13.8 Å². The molecule has 1 aromatic heterocycles. The summed E-state index contributed by atoms with van der Waals surface area (Å²) in [6, 6.07) is 5.18. The van der Waals surface area contributed by atoms with E-state index in [1.54, 1.807) is 25.3 Å². The molecule has 0 aliphatic carbocycles. The van der Waals surface area contributed by atoms with Crippen molar-refractivity contribution in [3.05, 3.63) is 34.2 Å². The Balaban J connectivity index is 2.10. The summed E-state index contributed by atoms with van der Waals surface area (Å²) in [5.41, 5.74) is 0.517. The molecule has 2 rings (SSSR count). The normalized spacial score (nSPS) is 10.7. The lowest BCUT2D eigenvalue weighted by atomic mass is 10.2. The van der Waals surface area contributed by atoms with E-state index in [-0.39, 0.29) is 30.0 Å². The van der Waals surface area contributed by atoms with Gasteiger partial charge in [-0.1, -0.05) is 13.8 Å². The number of amides is 1. The molecule has 1 amide bonds. The Hall–Kier alpha value is -2.90. The molecule has 2 N–H and O–H groups in total. The summed E-state index contributed by atoms with van der Waals surface area (Å²) < 4.78 is 10.4. The summed E-state index contributed by atoms with van der Waals surface area (Å²) in [6.07, 6.45) is 0.429. The molecule has 2 aromatic rings. The molecule has 8 nitrogen and oxygen atoms in total. The number of aryl methyl sites for hydroxylation is 1. The highest BCUT2D eigenvalue weighted by molar-refractivity contribution is 5.76. The topological polar surface area (TPSA) is 106 Å². The Morgan fingerprint density at radius 2 is 1.92 bits per heavy atom. The first-order valence-corrected chi connectivity index (χ1v) is 8.39. The maximum Gasteiger partial charge on any atom is 0.273 e. The highest BCUT2D eigenvalue weighted by atomic mass is 16.5. The second-order valence-electron chi connectivity index (χ2n) is 6.22. The van der Waals surface area contributed by atoms with E-state index >= 15 is 0 Å². The zero-order valence-electron chi connectivity index (χ0n) is 15.5. The first-order valence-electron chi connectivity index (χ1n) is 8.39. The zero-order valence-corrected chi connectivity index (χ0v) is 15.5. The van der Waals surface area contributed by atoms with Crippen LogP contribution in [0.15, 0.2) is 23.0 Å². The number of carbonyl (C=O) groups excluding carboxylic acids is 1. The third-order valence-electron chi connectivity index (χ3n) is 3.72. The largest absolute Gasteiger partial charge is 0.493 e. The molecular formula is C18H24N4O4. The summed E-state index contributed by atoms with van der Waals surface area (Å²) >= 11 is 0. The van der Waals surface area contributed by atoms with Crippen LogP contribution in [-0.4, -0.2) is 41.9 Å². The van der Waals surface area contributed by atoms with Gasteiger partial charge >= 0.3 is 0 Å². The molecular weight excluding hydrogens is 336 g/mol. The van der Waals surface area contributed by atoms with Crippen LogP contribution in [0.3, 0.4) is 0 Å². The molecule has 26 heavy (non-hydrogen) atoms. The predicted octanol–water partition coefficient (Wildman–Crippen LogP) is 1.55. The molecule has 0 aliphatic rings. The standard InChI is InChI=1S/C18H24N4O4/c1-11(2)10-19-16(23)8-6-13-18(24)20-17(22-21-13)12-5-7-14(25-3)15(9-12)26-4/h5,7,9,11H,6,8,10H2,1-4H3,(H,19,23)(H,20,22,24). The summed E-state index contributed by atoms with van der Waals surface area (Å²) in [5, 5.41) is 10.8. The van der Waals surface area contributed by atoms with Crippen molar-refractivity contribution in [2.75, 3.05) is 20.8 Å². The Morgan fingerprint density at radius 1 is 1.19 bits per heavy atom. The molecule has 0 radical (unpaired) electrons. The predicted molar refractivity (Wildman–Crippen MR) is 97.4 cm³/mol. The summed E-state index contributed by atoms with van der Waals surface area (Å²) in [4.78, 5) is 26.7. The number of nitrogens with zero attached hydrogens (tertiary/aromatic N) is 2. The molecule has 8 heteroatoms. The first-order chi connectivity index (χ1) is 12.4. The Morgan fingerprint density at radius 3 is 2.54 bits per heavy atom. The maximum atomic E-state index is 12.2. The minimum Gasteiger partial charge on any atom is -0.493 e. The number of carbonyl (C=O) groups is 1. The molecule has 0 bridgehead atoms. The number of benzene rings is 1. The van der Waals surface area contributed by atoms with Gasteiger partial charge in [-0.2, -0.15) is 0 Å². The van der Waals surface area contributed by atoms with Gasteiger partial charge in [0.25, 0.3) is 5.56 Å². The van der Waals surface area contributed by atoms with E-state index in [9.17, 15) is 9.59 Å². The van der Waals surface area contributed by atoms with E-state index in [0.29, 0.717) is 35.3 Å². The number of ether oxygens (including phenoxy) is 2. The van der Waals surface area contributed by atoms with Crippen LogP contribution in [-0.2, 0) is 11.2 Å². The van der Waals surface area contributed by atoms with Crippen LogP contribution in [0.2, 0.25) is 0 Å². The van der Waals surface area contributed by atoms with Gasteiger partial charge in [-0.15, -0.1) is 10.2 Å². The summed E-state index contributed by atoms with van der Waals surface area (Å²) in [6.45, 7) is 4.64. The lowest BCUT2D eigenvalue weighted by Gasteiger charge is -2.09. The van der Waals surface area contributed by atoms with Gasteiger partial charge in [-0.25, -0.2) is 0 Å². The molecule has 0 spiro atoms. The van der Waals surface area contributed by atoms with E-state index in [4.69, 9.17) is 9.47 Å². The van der Waals surface area contributed by atoms with Crippen molar-refractivity contribution in [3.63, 3.8) is 0 Å². The van der Waals surface area contributed by atoms with E-state index in [0.717, 1.165) is 0 Å². The van der Waals surface area contributed by atoms with E-state index < -0.39 is 0 Å². The van der Waals surface area contributed by atoms with Gasteiger partial charge in [-0.3, -0.25) is 9.59 Å². The average Bonchev–Trinajstić information content (AvgIpc) is 2.64. The minimum atomic E-state index is -0.360. The van der Waals surface area contributed by atoms with E-state index in [2.05, 4.69) is 20.5 Å². The number of aromatic amines is 1. The lowest BCUT2D eigenvalue weighted by molar-refractivity contribution is -0.121. The van der Waals surface area contributed by atoms with Gasteiger partial charge in [0.1, 0.15) is 5.69 Å². The first kappa shape index (κ1) is 19.4. The highest BCUT2D eigenvalue weighted by Gasteiger charge is 2.12. The van der Waals surface area contributed by atoms with Crippen molar-refractivity contribution < 1.29 is 14.3 Å². The van der Waals surface area contributed by atoms with Gasteiger partial charge in [0.15, 0.2) is 17.3 Å². The van der Waals surface area contributed by atoms with Gasteiger partial charge in [0.05, 0.1) is 14.2 Å². The minimum absolute atomic E-state index is 0.108. The fourth-order valence-corrected chi connectivity index (χ4v) is 2.28. The Labute approximate surface area is 152 Å². The zero-order chi connectivity index (χ0) is 19.1. The van der Waals surface area contributed by atoms with Crippen LogP contribution in [0, 0.1) is 5.92 Å². The van der Waals surface area contributed by atoms with Crippen molar-refractivity contribution in [2.45, 2.75) is 26.7 Å². The quantitative estimate of drug-likeness (QED) is 0.740. The van der Waals surface area contributed by atoms with Crippen LogP contribution >= 0.6 is 0 Å². The fourth-order valence-electron chi connectivity index (χ4n) is 2.28.